The molecule has 0 bridgehead atoms. The van der Waals surface area contributed by atoms with Gasteiger partial charge < -0.3 is 9.84 Å². The highest BCUT2D eigenvalue weighted by Gasteiger charge is 2.36. The van der Waals surface area contributed by atoms with Crippen LogP contribution in [0.1, 0.15) is 44.4 Å². The Balaban J connectivity index is 1.65. The standard InChI is InChI=1S/C20H19NO5/c1-26-18(23)11-8-13-6-9-14(10-7-13)17(22)12-21-19(24)15-4-2-3-5-16(15)20(21)25/h2-7,9-10,17,22H,8,11-12H2,1H3. The molecule has 0 radical (unpaired) electrons. The van der Waals surface area contributed by atoms with Crippen LogP contribution in [0.25, 0.3) is 0 Å². The number of fused-ring (bicyclic) bond motifs is 1. The van der Waals surface area contributed by atoms with Crippen LogP contribution < -0.4 is 0 Å². The number of hydrogen-bond donors (Lipinski definition) is 1. The quantitative estimate of drug-likeness (QED) is 0.635. The van der Waals surface area contributed by atoms with Gasteiger partial charge in [0.1, 0.15) is 0 Å². The Morgan fingerprint density at radius 3 is 2.15 bits per heavy atom. The minimum absolute atomic E-state index is 0.103. The monoisotopic (exact) mass is 353 g/mol. The molecule has 6 nitrogen and oxygen atoms in total. The molecule has 0 fully saturated rings. The summed E-state index contributed by atoms with van der Waals surface area (Å²) >= 11 is 0. The highest BCUT2D eigenvalue weighted by molar-refractivity contribution is 6.21. The number of carbonyl (C=O) groups excluding carboxylic acids is 3. The first-order chi connectivity index (χ1) is 12.5. The maximum Gasteiger partial charge on any atom is 0.305 e. The van der Waals surface area contributed by atoms with E-state index in [1.54, 1.807) is 36.4 Å². The third-order valence-corrected chi connectivity index (χ3v) is 4.44. The van der Waals surface area contributed by atoms with Gasteiger partial charge in [0, 0.05) is 6.42 Å². The van der Waals surface area contributed by atoms with E-state index >= 15 is 0 Å². The third-order valence-electron chi connectivity index (χ3n) is 4.44. The number of rotatable bonds is 6. The number of carbonyl (C=O) groups is 3. The van der Waals surface area contributed by atoms with E-state index in [1.165, 1.54) is 7.11 Å². The molecule has 1 atom stereocenters. The minimum Gasteiger partial charge on any atom is -0.469 e. The van der Waals surface area contributed by atoms with Crippen molar-refractivity contribution in [2.45, 2.75) is 18.9 Å². The maximum absolute atomic E-state index is 12.4. The first kappa shape index (κ1) is 17.8. The lowest BCUT2D eigenvalue weighted by Gasteiger charge is -2.19. The zero-order chi connectivity index (χ0) is 18.7. The Bertz CT molecular complexity index is 809. The topological polar surface area (TPSA) is 83.9 Å². The summed E-state index contributed by atoms with van der Waals surface area (Å²) in [6.07, 6.45) is -0.151. The number of imide groups is 1. The molecule has 6 heteroatoms. The smallest absolute Gasteiger partial charge is 0.305 e. The molecule has 0 aromatic heterocycles. The van der Waals surface area contributed by atoms with Crippen molar-refractivity contribution in [1.29, 1.82) is 0 Å². The van der Waals surface area contributed by atoms with Gasteiger partial charge in [-0.15, -0.1) is 0 Å². The summed E-state index contributed by atoms with van der Waals surface area (Å²) in [5.41, 5.74) is 2.26. The lowest BCUT2D eigenvalue weighted by atomic mass is 10.0. The largest absolute Gasteiger partial charge is 0.469 e. The van der Waals surface area contributed by atoms with Gasteiger partial charge in [-0.2, -0.15) is 0 Å². The molecule has 2 amide bonds. The fourth-order valence-corrected chi connectivity index (χ4v) is 2.94. The van der Waals surface area contributed by atoms with Crippen LogP contribution in [0.2, 0.25) is 0 Å². The number of aryl methyl sites for hydroxylation is 1. The van der Waals surface area contributed by atoms with Gasteiger partial charge in [-0.05, 0) is 29.7 Å². The van der Waals surface area contributed by atoms with Crippen LogP contribution in [-0.2, 0) is 16.0 Å². The van der Waals surface area contributed by atoms with Gasteiger partial charge in [0.05, 0.1) is 30.9 Å². The zero-order valence-corrected chi connectivity index (χ0v) is 14.3. The predicted octanol–water partition coefficient (Wildman–Crippen LogP) is 2.12. The van der Waals surface area contributed by atoms with E-state index in [4.69, 9.17) is 0 Å². The predicted molar refractivity (Wildman–Crippen MR) is 93.5 cm³/mol. The fraction of sp³-hybridized carbons (Fsp3) is 0.250. The van der Waals surface area contributed by atoms with Gasteiger partial charge >= 0.3 is 5.97 Å². The number of benzene rings is 2. The number of esters is 1. The van der Waals surface area contributed by atoms with Gasteiger partial charge in [0.2, 0.25) is 0 Å². The lowest BCUT2D eigenvalue weighted by Crippen LogP contribution is -2.33. The molecule has 2 aromatic rings. The second kappa shape index (κ2) is 7.49. The SMILES string of the molecule is COC(=O)CCc1ccc(C(O)CN2C(=O)c3ccccc3C2=O)cc1. The number of ether oxygens (including phenoxy) is 1. The molecule has 1 heterocycles. The molecule has 1 N–H and O–H groups in total. The average molecular weight is 353 g/mol. The van der Waals surface area contributed by atoms with Gasteiger partial charge in [0.25, 0.3) is 11.8 Å². The number of aliphatic hydroxyl groups is 1. The van der Waals surface area contributed by atoms with Crippen LogP contribution in [0.15, 0.2) is 48.5 Å². The number of aliphatic hydroxyl groups excluding tert-OH is 1. The molecular weight excluding hydrogens is 334 g/mol. The average Bonchev–Trinajstić information content (AvgIpc) is 2.91. The molecule has 0 spiro atoms. The van der Waals surface area contributed by atoms with Crippen molar-refractivity contribution < 1.29 is 24.2 Å². The first-order valence-electron chi connectivity index (χ1n) is 8.30. The van der Waals surface area contributed by atoms with Crippen molar-refractivity contribution in [2.75, 3.05) is 13.7 Å². The van der Waals surface area contributed by atoms with E-state index < -0.39 is 6.10 Å². The van der Waals surface area contributed by atoms with Crippen molar-refractivity contribution >= 4 is 17.8 Å². The summed E-state index contributed by atoms with van der Waals surface area (Å²) in [4.78, 5) is 37.0. The number of methoxy groups -OCH3 is 1. The number of nitrogens with zero attached hydrogens (tertiary/aromatic N) is 1. The Morgan fingerprint density at radius 2 is 1.62 bits per heavy atom. The Morgan fingerprint density at radius 1 is 1.04 bits per heavy atom. The summed E-state index contributed by atoms with van der Waals surface area (Å²) in [5, 5.41) is 10.4. The van der Waals surface area contributed by atoms with E-state index in [-0.39, 0.29) is 30.7 Å². The van der Waals surface area contributed by atoms with Crippen LogP contribution in [0, 0.1) is 0 Å². The minimum atomic E-state index is -0.980. The van der Waals surface area contributed by atoms with Crippen LogP contribution in [0.4, 0.5) is 0 Å². The molecule has 0 aliphatic carbocycles. The first-order valence-corrected chi connectivity index (χ1v) is 8.30. The number of hydrogen-bond acceptors (Lipinski definition) is 5. The van der Waals surface area contributed by atoms with E-state index in [9.17, 15) is 19.5 Å². The van der Waals surface area contributed by atoms with Gasteiger partial charge in [-0.1, -0.05) is 36.4 Å². The molecular formula is C20H19NO5. The van der Waals surface area contributed by atoms with Gasteiger partial charge in [0.15, 0.2) is 0 Å². The van der Waals surface area contributed by atoms with E-state index in [1.807, 2.05) is 12.1 Å². The maximum atomic E-state index is 12.4. The Hall–Kier alpha value is -2.99. The van der Waals surface area contributed by atoms with Crippen LogP contribution in [0.5, 0.6) is 0 Å². The molecule has 2 aromatic carbocycles. The van der Waals surface area contributed by atoms with Crippen molar-refractivity contribution in [3.8, 4) is 0 Å². The van der Waals surface area contributed by atoms with Crippen LogP contribution in [0.3, 0.4) is 0 Å². The van der Waals surface area contributed by atoms with Crippen LogP contribution >= 0.6 is 0 Å². The second-order valence-electron chi connectivity index (χ2n) is 6.10. The molecule has 3 rings (SSSR count). The summed E-state index contributed by atoms with van der Waals surface area (Å²) in [6.45, 7) is -0.103. The van der Waals surface area contributed by atoms with E-state index in [0.29, 0.717) is 23.1 Å². The summed E-state index contributed by atoms with van der Waals surface area (Å²) in [7, 11) is 1.35. The lowest BCUT2D eigenvalue weighted by molar-refractivity contribution is -0.140. The summed E-state index contributed by atoms with van der Waals surface area (Å²) < 4.78 is 4.61. The van der Waals surface area contributed by atoms with Crippen molar-refractivity contribution in [3.63, 3.8) is 0 Å². The second-order valence-corrected chi connectivity index (χ2v) is 6.10. The van der Waals surface area contributed by atoms with Crippen molar-refractivity contribution in [2.24, 2.45) is 0 Å². The third kappa shape index (κ3) is 3.50. The van der Waals surface area contributed by atoms with Gasteiger partial charge in [-0.25, -0.2) is 0 Å². The number of amides is 2. The van der Waals surface area contributed by atoms with Gasteiger partial charge in [-0.3, -0.25) is 19.3 Å². The molecule has 1 unspecified atom stereocenters. The normalized spacial score (nSPS) is 14.3. The summed E-state index contributed by atoms with van der Waals surface area (Å²) in [6, 6.07) is 13.7. The van der Waals surface area contributed by atoms with Crippen molar-refractivity contribution in [3.05, 3.63) is 70.8 Å². The molecule has 0 saturated carbocycles. The molecule has 134 valence electrons. The Labute approximate surface area is 151 Å². The van der Waals surface area contributed by atoms with Crippen LogP contribution in [-0.4, -0.2) is 41.4 Å². The summed E-state index contributed by atoms with van der Waals surface area (Å²) in [5.74, 6) is -1.06. The van der Waals surface area contributed by atoms with E-state index in [2.05, 4.69) is 4.74 Å². The zero-order valence-electron chi connectivity index (χ0n) is 14.3. The fourth-order valence-electron chi connectivity index (χ4n) is 2.94. The highest BCUT2D eigenvalue weighted by Crippen LogP contribution is 2.25. The molecule has 1 aliphatic heterocycles. The Kier molecular flexibility index (Phi) is 5.14. The molecule has 26 heavy (non-hydrogen) atoms. The molecule has 1 aliphatic rings. The van der Waals surface area contributed by atoms with Crippen molar-refractivity contribution in [1.82, 2.24) is 4.90 Å². The number of β-amino-alcohol motifs (C(OH)–C–C–N with tert-alkyl or cyclic N) is 1. The highest BCUT2D eigenvalue weighted by atomic mass is 16.5. The molecule has 0 saturated heterocycles. The van der Waals surface area contributed by atoms with E-state index in [0.717, 1.165) is 10.5 Å².